The van der Waals surface area contributed by atoms with E-state index >= 15 is 0 Å². The molecular formula is C11H11NO4S. The van der Waals surface area contributed by atoms with E-state index in [1.807, 2.05) is 0 Å². The van der Waals surface area contributed by atoms with Crippen LogP contribution in [0.2, 0.25) is 0 Å². The van der Waals surface area contributed by atoms with Gasteiger partial charge in [0.25, 0.3) is 0 Å². The molecule has 6 heteroatoms. The van der Waals surface area contributed by atoms with E-state index in [1.165, 1.54) is 0 Å². The number of aliphatic carboxylic acids is 1. The third-order valence-corrected chi connectivity index (χ3v) is 3.13. The van der Waals surface area contributed by atoms with Crippen molar-refractivity contribution < 1.29 is 14.3 Å². The number of carboxylic acid groups (broad SMARTS) is 1. The normalized spacial score (nSPS) is 10.6. The van der Waals surface area contributed by atoms with E-state index < -0.39 is 5.97 Å². The summed E-state index contributed by atoms with van der Waals surface area (Å²) in [6, 6.07) is 1.77. The highest BCUT2D eigenvalue weighted by Gasteiger charge is 2.10. The fourth-order valence-corrected chi connectivity index (χ4v) is 2.36. The Hall–Kier alpha value is -1.82. The second kappa shape index (κ2) is 5.01. The highest BCUT2D eigenvalue weighted by atomic mass is 32.1. The van der Waals surface area contributed by atoms with Crippen molar-refractivity contribution in [1.82, 2.24) is 4.57 Å². The number of nitrogens with zero attached hydrogens (tertiary/aromatic N) is 1. The van der Waals surface area contributed by atoms with Gasteiger partial charge in [-0.25, -0.2) is 0 Å². The summed E-state index contributed by atoms with van der Waals surface area (Å²) in [4.78, 5) is 22.0. The summed E-state index contributed by atoms with van der Waals surface area (Å²) in [6.07, 6.45) is 3.61. The highest BCUT2D eigenvalue weighted by molar-refractivity contribution is 7.07. The molecule has 2 aromatic heterocycles. The Morgan fingerprint density at radius 3 is 3.00 bits per heavy atom. The molecule has 0 saturated heterocycles. The largest absolute Gasteiger partial charge is 0.481 e. The van der Waals surface area contributed by atoms with Crippen LogP contribution in [-0.4, -0.2) is 15.6 Å². The van der Waals surface area contributed by atoms with E-state index in [0.717, 1.165) is 22.6 Å². The molecule has 0 atom stereocenters. The van der Waals surface area contributed by atoms with Crippen LogP contribution >= 0.6 is 11.3 Å². The van der Waals surface area contributed by atoms with Crippen molar-refractivity contribution in [3.05, 3.63) is 33.6 Å². The first-order chi connectivity index (χ1) is 8.18. The fraction of sp³-hybridized carbons (Fsp3) is 0.273. The van der Waals surface area contributed by atoms with Gasteiger partial charge in [0, 0.05) is 23.9 Å². The molecule has 0 saturated carbocycles. The van der Waals surface area contributed by atoms with Crippen LogP contribution in [0.25, 0.3) is 11.3 Å². The van der Waals surface area contributed by atoms with E-state index in [1.54, 1.807) is 28.5 Å². The number of hydrogen-bond donors (Lipinski definition) is 1. The van der Waals surface area contributed by atoms with Crippen molar-refractivity contribution >= 4 is 17.3 Å². The monoisotopic (exact) mass is 253 g/mol. The second-order valence-electron chi connectivity index (χ2n) is 3.55. The van der Waals surface area contributed by atoms with Crippen LogP contribution in [0, 0.1) is 0 Å². The minimum absolute atomic E-state index is 0.0626. The summed E-state index contributed by atoms with van der Waals surface area (Å²) in [5.41, 5.74) is 1.61. The van der Waals surface area contributed by atoms with Crippen molar-refractivity contribution in [2.75, 3.05) is 0 Å². The van der Waals surface area contributed by atoms with Gasteiger partial charge < -0.3 is 9.52 Å². The van der Waals surface area contributed by atoms with Crippen molar-refractivity contribution in [1.29, 1.82) is 0 Å². The lowest BCUT2D eigenvalue weighted by molar-refractivity contribution is -0.137. The van der Waals surface area contributed by atoms with Gasteiger partial charge >= 0.3 is 10.8 Å². The Balaban J connectivity index is 2.19. The average molecular weight is 253 g/mol. The van der Waals surface area contributed by atoms with E-state index in [0.29, 0.717) is 13.0 Å². The maximum atomic E-state index is 11.6. The summed E-state index contributed by atoms with van der Waals surface area (Å²) in [5, 5.41) is 10.3. The van der Waals surface area contributed by atoms with Crippen LogP contribution in [0.15, 0.2) is 33.2 Å². The first-order valence-corrected chi connectivity index (χ1v) is 5.99. The summed E-state index contributed by atoms with van der Waals surface area (Å²) in [6.45, 7) is 0.412. The lowest BCUT2D eigenvalue weighted by atomic mass is 10.2. The molecule has 0 fully saturated rings. The van der Waals surface area contributed by atoms with Gasteiger partial charge in [0.2, 0.25) is 0 Å². The molecule has 90 valence electrons. The van der Waals surface area contributed by atoms with E-state index in [9.17, 15) is 9.59 Å². The number of furan rings is 1. The molecule has 0 aromatic carbocycles. The lowest BCUT2D eigenvalue weighted by Crippen LogP contribution is -2.15. The van der Waals surface area contributed by atoms with Crippen LogP contribution in [-0.2, 0) is 11.3 Å². The maximum Gasteiger partial charge on any atom is 0.307 e. The van der Waals surface area contributed by atoms with E-state index in [2.05, 4.69) is 0 Å². The standard InChI is InChI=1S/C11H11NO4S/c13-10(14)2-1-4-12-9(7-17-11(12)15)8-3-5-16-6-8/h3,5-7H,1-2,4H2,(H,13,14). The van der Waals surface area contributed by atoms with Crippen molar-refractivity contribution in [2.24, 2.45) is 0 Å². The Bertz CT molecular complexity index is 552. The molecule has 0 aliphatic carbocycles. The molecular weight excluding hydrogens is 242 g/mol. The molecule has 2 aromatic rings. The van der Waals surface area contributed by atoms with E-state index in [-0.39, 0.29) is 11.3 Å². The molecule has 0 spiro atoms. The van der Waals surface area contributed by atoms with Crippen molar-refractivity contribution in [3.8, 4) is 11.3 Å². The molecule has 0 aliphatic heterocycles. The van der Waals surface area contributed by atoms with Gasteiger partial charge in [-0.1, -0.05) is 11.3 Å². The van der Waals surface area contributed by atoms with Gasteiger partial charge in [-0.15, -0.1) is 0 Å². The van der Waals surface area contributed by atoms with Crippen LogP contribution in [0.5, 0.6) is 0 Å². The van der Waals surface area contributed by atoms with Gasteiger partial charge in [-0.3, -0.25) is 14.2 Å². The van der Waals surface area contributed by atoms with E-state index in [4.69, 9.17) is 9.52 Å². The molecule has 2 heterocycles. The van der Waals surface area contributed by atoms with Gasteiger partial charge in [0.1, 0.15) is 0 Å². The zero-order valence-corrected chi connectivity index (χ0v) is 9.77. The van der Waals surface area contributed by atoms with Gasteiger partial charge in [0.15, 0.2) is 0 Å². The number of hydrogen-bond acceptors (Lipinski definition) is 4. The molecule has 0 aliphatic rings. The molecule has 17 heavy (non-hydrogen) atoms. The summed E-state index contributed by atoms with van der Waals surface area (Å²) >= 11 is 1.11. The predicted octanol–water partition coefficient (Wildman–Crippen LogP) is 2.03. The minimum atomic E-state index is -0.849. The zero-order valence-electron chi connectivity index (χ0n) is 8.96. The van der Waals surface area contributed by atoms with Crippen LogP contribution in [0.3, 0.4) is 0 Å². The first kappa shape index (κ1) is 11.7. The molecule has 2 rings (SSSR count). The third kappa shape index (κ3) is 2.65. The SMILES string of the molecule is O=C(O)CCCn1c(-c2ccoc2)csc1=O. The molecule has 0 amide bonds. The quantitative estimate of drug-likeness (QED) is 0.885. The molecule has 0 bridgehead atoms. The summed E-state index contributed by atoms with van der Waals surface area (Å²) in [7, 11) is 0. The summed E-state index contributed by atoms with van der Waals surface area (Å²) in [5.74, 6) is -0.849. The highest BCUT2D eigenvalue weighted by Crippen LogP contribution is 2.20. The van der Waals surface area contributed by atoms with Crippen molar-refractivity contribution in [2.45, 2.75) is 19.4 Å². The molecule has 5 nitrogen and oxygen atoms in total. The summed E-state index contributed by atoms with van der Waals surface area (Å²) < 4.78 is 6.55. The van der Waals surface area contributed by atoms with Crippen LogP contribution < -0.4 is 4.87 Å². The Morgan fingerprint density at radius 2 is 2.35 bits per heavy atom. The molecule has 1 N–H and O–H groups in total. The maximum absolute atomic E-state index is 11.6. The van der Waals surface area contributed by atoms with Gasteiger partial charge in [-0.2, -0.15) is 0 Å². The number of carbonyl (C=O) groups is 1. The third-order valence-electron chi connectivity index (χ3n) is 2.37. The second-order valence-corrected chi connectivity index (χ2v) is 4.37. The first-order valence-electron chi connectivity index (χ1n) is 5.11. The number of rotatable bonds is 5. The zero-order chi connectivity index (χ0) is 12.3. The number of aromatic nitrogens is 1. The Labute approximate surface area is 101 Å². The van der Waals surface area contributed by atoms with Crippen LogP contribution in [0.4, 0.5) is 0 Å². The molecule has 0 radical (unpaired) electrons. The molecule has 0 unspecified atom stereocenters. The number of thiazole rings is 1. The van der Waals surface area contributed by atoms with Crippen LogP contribution in [0.1, 0.15) is 12.8 Å². The topological polar surface area (TPSA) is 72.4 Å². The smallest absolute Gasteiger partial charge is 0.307 e. The van der Waals surface area contributed by atoms with Gasteiger partial charge in [-0.05, 0) is 12.5 Å². The fourth-order valence-electron chi connectivity index (χ4n) is 1.57. The Kier molecular flexibility index (Phi) is 3.43. The van der Waals surface area contributed by atoms with Gasteiger partial charge in [0.05, 0.1) is 18.2 Å². The predicted molar refractivity (Wildman–Crippen MR) is 63.2 cm³/mol. The lowest BCUT2D eigenvalue weighted by Gasteiger charge is -2.04. The Morgan fingerprint density at radius 1 is 1.53 bits per heavy atom. The average Bonchev–Trinajstić information content (AvgIpc) is 2.88. The minimum Gasteiger partial charge on any atom is -0.481 e. The van der Waals surface area contributed by atoms with Crippen molar-refractivity contribution in [3.63, 3.8) is 0 Å². The number of carboxylic acids is 1.